The number of aryl methyl sites for hydroxylation is 2. The molecule has 0 saturated carbocycles. The van der Waals surface area contributed by atoms with Crippen LogP contribution in [0.15, 0.2) is 97.0 Å². The predicted octanol–water partition coefficient (Wildman–Crippen LogP) is 6.95. The molecule has 1 aromatic heterocycles. The summed E-state index contributed by atoms with van der Waals surface area (Å²) < 4.78 is 67.4. The molecule has 0 atom stereocenters. The summed E-state index contributed by atoms with van der Waals surface area (Å²) in [5.41, 5.74) is 8.26. The van der Waals surface area contributed by atoms with Crippen molar-refractivity contribution in [2.24, 2.45) is 20.5 Å². The number of halogens is 1. The number of benzene rings is 4. The van der Waals surface area contributed by atoms with Crippen molar-refractivity contribution in [2.45, 2.75) is 23.6 Å². The molecule has 0 spiro atoms. The molecule has 5 N–H and O–H groups in total. The third-order valence-electron chi connectivity index (χ3n) is 6.32. The molecule has 15 nitrogen and oxygen atoms in total. The zero-order valence-electron chi connectivity index (χ0n) is 23.3. The lowest BCUT2D eigenvalue weighted by Crippen LogP contribution is -2.05. The minimum Gasteiger partial charge on any atom is -0.368 e. The number of nitrogens with one attached hydrogen (secondary N) is 1. The Bertz CT molecular complexity index is 2240. The zero-order chi connectivity index (χ0) is 32.5. The Balaban J connectivity index is 1.53. The molecule has 0 amide bonds. The van der Waals surface area contributed by atoms with Crippen molar-refractivity contribution in [1.29, 1.82) is 0 Å². The van der Waals surface area contributed by atoms with E-state index in [1.54, 1.807) is 44.2 Å². The molecule has 5 rings (SSSR count). The molecule has 45 heavy (non-hydrogen) atoms. The Hall–Kier alpha value is -4.94. The van der Waals surface area contributed by atoms with Crippen LogP contribution >= 0.6 is 11.6 Å². The maximum Gasteiger partial charge on any atom is 0.296 e. The lowest BCUT2D eigenvalue weighted by atomic mass is 10.1. The summed E-state index contributed by atoms with van der Waals surface area (Å²) in [5.74, 6) is -0.221. The minimum absolute atomic E-state index is 0.0306. The molecule has 1 heterocycles. The van der Waals surface area contributed by atoms with Gasteiger partial charge in [0.15, 0.2) is 0 Å². The maximum absolute atomic E-state index is 12.3. The summed E-state index contributed by atoms with van der Waals surface area (Å²) in [7, 11) is -9.18. The number of hydrogen-bond donors (Lipinski definition) is 4. The van der Waals surface area contributed by atoms with Gasteiger partial charge in [0.25, 0.3) is 20.2 Å². The van der Waals surface area contributed by atoms with Crippen LogP contribution in [0, 0.1) is 13.8 Å². The molecule has 0 aliphatic rings. The van der Waals surface area contributed by atoms with Crippen LogP contribution in [0.5, 0.6) is 0 Å². The van der Waals surface area contributed by atoms with Gasteiger partial charge in [0, 0.05) is 10.8 Å². The van der Waals surface area contributed by atoms with Gasteiger partial charge in [-0.25, -0.2) is 0 Å². The third kappa shape index (κ3) is 7.08. The average Bonchev–Trinajstić information content (AvgIpc) is 2.95. The van der Waals surface area contributed by atoms with E-state index in [0.29, 0.717) is 27.9 Å². The van der Waals surface area contributed by atoms with Crippen LogP contribution in [0.25, 0.3) is 10.8 Å². The van der Waals surface area contributed by atoms with Gasteiger partial charge in [-0.05, 0) is 79.0 Å². The van der Waals surface area contributed by atoms with Crippen molar-refractivity contribution in [2.75, 3.05) is 11.1 Å². The van der Waals surface area contributed by atoms with Crippen LogP contribution in [0.3, 0.4) is 0 Å². The van der Waals surface area contributed by atoms with Crippen LogP contribution in [0.2, 0.25) is 5.28 Å². The molecule has 18 heteroatoms. The Morgan fingerprint density at radius 1 is 0.711 bits per heavy atom. The Morgan fingerprint density at radius 2 is 1.29 bits per heavy atom. The zero-order valence-corrected chi connectivity index (χ0v) is 25.7. The average molecular weight is 668 g/mol. The van der Waals surface area contributed by atoms with Gasteiger partial charge in [-0.2, -0.15) is 42.0 Å². The van der Waals surface area contributed by atoms with E-state index in [2.05, 4.69) is 40.7 Å². The largest absolute Gasteiger partial charge is 0.368 e. The van der Waals surface area contributed by atoms with E-state index in [1.165, 1.54) is 36.4 Å². The first-order chi connectivity index (χ1) is 21.2. The molecular formula is C27H22ClN9O6S2. The van der Waals surface area contributed by atoms with Gasteiger partial charge < -0.3 is 11.1 Å². The normalized spacial score (nSPS) is 12.4. The number of rotatable bonds is 8. The van der Waals surface area contributed by atoms with Crippen molar-refractivity contribution in [3.05, 3.63) is 83.1 Å². The van der Waals surface area contributed by atoms with Crippen molar-refractivity contribution in [3.8, 4) is 0 Å². The number of anilines is 3. The van der Waals surface area contributed by atoms with Crippen molar-refractivity contribution in [1.82, 2.24) is 15.0 Å². The number of aromatic nitrogens is 3. The van der Waals surface area contributed by atoms with Crippen LogP contribution < -0.4 is 11.1 Å². The molecule has 230 valence electrons. The SMILES string of the molecule is Cc1cc(N=Nc2ccc(Nc3nc(N)nc(Cl)n3)c3c(S(=O)(=O)O)cccc23)c(C)cc1N=Nc1ccccc1S(=O)(=O)O. The standard InChI is InChI=1S/C27H22ClN9O6S2/c1-14-13-21(37-35-18-7-3-4-8-22(18)44(38,39)40)15(2)12-20(14)36-34-17-10-11-19(30-27-32-25(28)31-26(29)33-27)24-16(17)6-5-9-23(24)45(41,42)43/h3-13H,1-2H3,(H,38,39,40)(H,41,42,43)(H3,29,30,31,32,33). The lowest BCUT2D eigenvalue weighted by Gasteiger charge is -2.13. The fraction of sp³-hybridized carbons (Fsp3) is 0.0741. The Kier molecular flexibility index (Phi) is 8.55. The first kappa shape index (κ1) is 31.5. The molecule has 4 aromatic carbocycles. The topological polar surface area (TPSA) is 235 Å². The number of nitrogens with two attached hydrogens (primary N) is 1. The highest BCUT2D eigenvalue weighted by atomic mass is 35.5. The van der Waals surface area contributed by atoms with Crippen LogP contribution in [-0.2, 0) is 20.2 Å². The molecule has 0 fully saturated rings. The lowest BCUT2D eigenvalue weighted by molar-refractivity contribution is 0.481. The van der Waals surface area contributed by atoms with Gasteiger partial charge in [0.1, 0.15) is 15.5 Å². The van der Waals surface area contributed by atoms with E-state index in [1.807, 2.05) is 0 Å². The smallest absolute Gasteiger partial charge is 0.296 e. The molecular weight excluding hydrogens is 646 g/mol. The number of azo groups is 2. The van der Waals surface area contributed by atoms with Gasteiger partial charge in [-0.3, -0.25) is 9.11 Å². The minimum atomic E-state index is -4.68. The summed E-state index contributed by atoms with van der Waals surface area (Å²) in [6.45, 7) is 3.50. The summed E-state index contributed by atoms with van der Waals surface area (Å²) in [6, 6.07) is 16.4. The maximum atomic E-state index is 12.3. The van der Waals surface area contributed by atoms with E-state index in [0.717, 1.165) is 0 Å². The van der Waals surface area contributed by atoms with Crippen LogP contribution in [0.1, 0.15) is 11.1 Å². The van der Waals surface area contributed by atoms with Crippen molar-refractivity contribution >= 4 is 82.9 Å². The molecule has 0 radical (unpaired) electrons. The van der Waals surface area contributed by atoms with Gasteiger partial charge in [-0.1, -0.05) is 24.3 Å². The molecule has 0 aliphatic heterocycles. The Morgan fingerprint density at radius 3 is 1.91 bits per heavy atom. The second-order valence-corrected chi connectivity index (χ2v) is 12.6. The van der Waals surface area contributed by atoms with Crippen LogP contribution in [0.4, 0.5) is 40.3 Å². The third-order valence-corrected chi connectivity index (χ3v) is 8.28. The van der Waals surface area contributed by atoms with Gasteiger partial charge >= 0.3 is 0 Å². The fourth-order valence-electron chi connectivity index (χ4n) is 4.28. The number of hydrogen-bond acceptors (Lipinski definition) is 13. The number of nitrogen functional groups attached to an aromatic ring is 1. The highest BCUT2D eigenvalue weighted by Gasteiger charge is 2.20. The first-order valence-corrected chi connectivity index (χ1v) is 15.9. The Labute approximate surface area is 261 Å². The summed E-state index contributed by atoms with van der Waals surface area (Å²) in [5, 5.41) is 20.0. The van der Waals surface area contributed by atoms with Crippen molar-refractivity contribution < 1.29 is 25.9 Å². The predicted molar refractivity (Wildman–Crippen MR) is 167 cm³/mol. The van der Waals surface area contributed by atoms with Gasteiger partial charge in [0.2, 0.25) is 17.2 Å². The second kappa shape index (κ2) is 12.2. The van der Waals surface area contributed by atoms with E-state index in [9.17, 15) is 25.9 Å². The van der Waals surface area contributed by atoms with Crippen molar-refractivity contribution in [3.63, 3.8) is 0 Å². The first-order valence-electron chi connectivity index (χ1n) is 12.7. The van der Waals surface area contributed by atoms with E-state index in [-0.39, 0.29) is 44.5 Å². The molecule has 0 bridgehead atoms. The number of nitrogens with zero attached hydrogens (tertiary/aromatic N) is 7. The quantitative estimate of drug-likeness (QED) is 0.0975. The van der Waals surface area contributed by atoms with Crippen LogP contribution in [-0.4, -0.2) is 40.9 Å². The van der Waals surface area contributed by atoms with Gasteiger partial charge in [-0.15, -0.1) is 10.2 Å². The van der Waals surface area contributed by atoms with Gasteiger partial charge in [0.05, 0.1) is 22.7 Å². The molecule has 0 unspecified atom stereocenters. The summed E-state index contributed by atoms with van der Waals surface area (Å²) in [4.78, 5) is 10.8. The van der Waals surface area contributed by atoms with E-state index >= 15 is 0 Å². The molecule has 0 aliphatic carbocycles. The van der Waals surface area contributed by atoms with E-state index < -0.39 is 25.1 Å². The second-order valence-electron chi connectivity index (χ2n) is 9.47. The monoisotopic (exact) mass is 667 g/mol. The highest BCUT2D eigenvalue weighted by molar-refractivity contribution is 7.86. The summed E-state index contributed by atoms with van der Waals surface area (Å²) in [6.07, 6.45) is 0. The fourth-order valence-corrected chi connectivity index (χ4v) is 5.80. The molecule has 0 saturated heterocycles. The number of fused-ring (bicyclic) bond motifs is 1. The van der Waals surface area contributed by atoms with E-state index in [4.69, 9.17) is 17.3 Å². The summed E-state index contributed by atoms with van der Waals surface area (Å²) >= 11 is 5.88. The highest BCUT2D eigenvalue weighted by Crippen LogP contribution is 2.39. The molecule has 5 aromatic rings.